The van der Waals surface area contributed by atoms with E-state index in [2.05, 4.69) is 21.8 Å². The molecule has 0 fully saturated rings. The number of aromatic nitrogens is 2. The Morgan fingerprint density at radius 1 is 1.38 bits per heavy atom. The lowest BCUT2D eigenvalue weighted by Gasteiger charge is -2.18. The van der Waals surface area contributed by atoms with Crippen molar-refractivity contribution in [3.63, 3.8) is 0 Å². The summed E-state index contributed by atoms with van der Waals surface area (Å²) < 4.78 is 1.74. The van der Waals surface area contributed by atoms with Crippen LogP contribution in [0.25, 0.3) is 0 Å². The summed E-state index contributed by atoms with van der Waals surface area (Å²) in [4.78, 5) is 12.5. The molecule has 2 N–H and O–H groups in total. The first-order valence-corrected chi connectivity index (χ1v) is 7.24. The summed E-state index contributed by atoms with van der Waals surface area (Å²) in [5.74, 6) is -0.0955. The van der Waals surface area contributed by atoms with E-state index in [0.717, 1.165) is 36.5 Å². The molecule has 0 spiro atoms. The quantitative estimate of drug-likeness (QED) is 0.891. The zero-order valence-corrected chi connectivity index (χ0v) is 12.7. The SMILES string of the molecule is Cc1nn(C)c(C)c1C(=O)Nc1ccc2c(c1)CCCN2. The van der Waals surface area contributed by atoms with Crippen LogP contribution in [0.1, 0.15) is 33.7 Å². The number of hydrogen-bond donors (Lipinski definition) is 2. The third-order valence-electron chi connectivity index (χ3n) is 4.04. The molecule has 0 saturated heterocycles. The molecular formula is C16H20N4O. The zero-order valence-electron chi connectivity index (χ0n) is 12.7. The predicted molar refractivity (Wildman–Crippen MR) is 83.9 cm³/mol. The summed E-state index contributed by atoms with van der Waals surface area (Å²) in [5.41, 5.74) is 5.57. The van der Waals surface area contributed by atoms with E-state index in [1.807, 2.05) is 33.0 Å². The number of anilines is 2. The molecule has 0 bridgehead atoms. The summed E-state index contributed by atoms with van der Waals surface area (Å²) >= 11 is 0. The maximum atomic E-state index is 12.5. The van der Waals surface area contributed by atoms with Crippen LogP contribution in [0.5, 0.6) is 0 Å². The molecule has 0 atom stereocenters. The van der Waals surface area contributed by atoms with E-state index >= 15 is 0 Å². The fraction of sp³-hybridized carbons (Fsp3) is 0.375. The maximum Gasteiger partial charge on any atom is 0.259 e. The van der Waals surface area contributed by atoms with Gasteiger partial charge in [-0.1, -0.05) is 0 Å². The molecule has 0 saturated carbocycles. The van der Waals surface area contributed by atoms with Crippen molar-refractivity contribution in [3.8, 4) is 0 Å². The van der Waals surface area contributed by atoms with Crippen molar-refractivity contribution in [1.29, 1.82) is 0 Å². The smallest absolute Gasteiger partial charge is 0.259 e. The second-order valence-electron chi connectivity index (χ2n) is 5.53. The molecule has 0 aliphatic carbocycles. The van der Waals surface area contributed by atoms with Crippen LogP contribution in [0.4, 0.5) is 11.4 Å². The number of nitrogens with zero attached hydrogens (tertiary/aromatic N) is 2. The first kappa shape index (κ1) is 13.7. The monoisotopic (exact) mass is 284 g/mol. The summed E-state index contributed by atoms with van der Waals surface area (Å²) in [6.07, 6.45) is 2.18. The van der Waals surface area contributed by atoms with Crippen LogP contribution in [0.3, 0.4) is 0 Å². The van der Waals surface area contributed by atoms with E-state index in [4.69, 9.17) is 0 Å². The van der Waals surface area contributed by atoms with Crippen LogP contribution in [-0.4, -0.2) is 22.2 Å². The minimum atomic E-state index is -0.0955. The van der Waals surface area contributed by atoms with E-state index in [1.54, 1.807) is 4.68 Å². The minimum absolute atomic E-state index is 0.0955. The van der Waals surface area contributed by atoms with Crippen molar-refractivity contribution in [2.45, 2.75) is 26.7 Å². The summed E-state index contributed by atoms with van der Waals surface area (Å²) in [7, 11) is 1.85. The highest BCUT2D eigenvalue weighted by molar-refractivity contribution is 6.06. The van der Waals surface area contributed by atoms with Gasteiger partial charge >= 0.3 is 0 Å². The van der Waals surface area contributed by atoms with Gasteiger partial charge in [0.1, 0.15) is 0 Å². The Labute approximate surface area is 124 Å². The third kappa shape index (κ3) is 2.51. The van der Waals surface area contributed by atoms with Crippen molar-refractivity contribution in [3.05, 3.63) is 40.7 Å². The van der Waals surface area contributed by atoms with Gasteiger partial charge in [0, 0.05) is 30.7 Å². The molecular weight excluding hydrogens is 264 g/mol. The van der Waals surface area contributed by atoms with Crippen LogP contribution in [0.15, 0.2) is 18.2 Å². The van der Waals surface area contributed by atoms with Gasteiger partial charge in [-0.2, -0.15) is 5.10 Å². The van der Waals surface area contributed by atoms with Crippen LogP contribution in [0.2, 0.25) is 0 Å². The topological polar surface area (TPSA) is 59.0 Å². The van der Waals surface area contributed by atoms with Gasteiger partial charge in [0.05, 0.1) is 11.3 Å². The molecule has 110 valence electrons. The molecule has 5 heteroatoms. The Balaban J connectivity index is 1.84. The third-order valence-corrected chi connectivity index (χ3v) is 4.04. The molecule has 1 aromatic heterocycles. The lowest BCUT2D eigenvalue weighted by Crippen LogP contribution is -2.16. The normalized spacial score (nSPS) is 13.5. The number of rotatable bonds is 2. The van der Waals surface area contributed by atoms with Gasteiger partial charge in [0.15, 0.2) is 0 Å². The number of aryl methyl sites for hydroxylation is 3. The van der Waals surface area contributed by atoms with E-state index in [0.29, 0.717) is 5.56 Å². The Bertz CT molecular complexity index is 703. The van der Waals surface area contributed by atoms with Crippen molar-refractivity contribution in [2.75, 3.05) is 17.2 Å². The predicted octanol–water partition coefficient (Wildman–Crippen LogP) is 2.65. The van der Waals surface area contributed by atoms with Crippen LogP contribution in [-0.2, 0) is 13.5 Å². The highest BCUT2D eigenvalue weighted by atomic mass is 16.1. The van der Waals surface area contributed by atoms with Crippen LogP contribution >= 0.6 is 0 Å². The summed E-state index contributed by atoms with van der Waals surface area (Å²) in [6, 6.07) is 6.03. The fourth-order valence-electron chi connectivity index (χ4n) is 2.85. The van der Waals surface area contributed by atoms with Crippen molar-refractivity contribution in [2.24, 2.45) is 7.05 Å². The summed E-state index contributed by atoms with van der Waals surface area (Å²) in [6.45, 7) is 4.79. The van der Waals surface area contributed by atoms with Crippen molar-refractivity contribution < 1.29 is 4.79 Å². The Hall–Kier alpha value is -2.30. The van der Waals surface area contributed by atoms with Gasteiger partial charge in [-0.05, 0) is 50.5 Å². The minimum Gasteiger partial charge on any atom is -0.385 e. The molecule has 2 aromatic rings. The van der Waals surface area contributed by atoms with E-state index in [-0.39, 0.29) is 5.91 Å². The van der Waals surface area contributed by atoms with E-state index in [1.165, 1.54) is 11.3 Å². The zero-order chi connectivity index (χ0) is 15.0. The summed E-state index contributed by atoms with van der Waals surface area (Å²) in [5, 5.41) is 10.6. The first-order valence-electron chi connectivity index (χ1n) is 7.24. The fourth-order valence-corrected chi connectivity index (χ4v) is 2.85. The molecule has 1 aliphatic rings. The average Bonchev–Trinajstić information content (AvgIpc) is 2.72. The van der Waals surface area contributed by atoms with E-state index in [9.17, 15) is 4.79 Å². The number of carbonyl (C=O) groups is 1. The largest absolute Gasteiger partial charge is 0.385 e. The van der Waals surface area contributed by atoms with Gasteiger partial charge in [0.25, 0.3) is 5.91 Å². The molecule has 1 aliphatic heterocycles. The molecule has 0 unspecified atom stereocenters. The molecule has 5 nitrogen and oxygen atoms in total. The number of benzene rings is 1. The van der Waals surface area contributed by atoms with Crippen LogP contribution < -0.4 is 10.6 Å². The van der Waals surface area contributed by atoms with Gasteiger partial charge in [-0.15, -0.1) is 0 Å². The van der Waals surface area contributed by atoms with Crippen LogP contribution in [0, 0.1) is 13.8 Å². The molecule has 2 heterocycles. The molecule has 1 aromatic carbocycles. The van der Waals surface area contributed by atoms with Gasteiger partial charge in [-0.3, -0.25) is 9.48 Å². The second kappa shape index (κ2) is 5.24. The number of nitrogens with one attached hydrogen (secondary N) is 2. The Morgan fingerprint density at radius 3 is 2.90 bits per heavy atom. The number of carbonyl (C=O) groups excluding carboxylic acids is 1. The highest BCUT2D eigenvalue weighted by Gasteiger charge is 2.18. The van der Waals surface area contributed by atoms with Gasteiger partial charge in [0.2, 0.25) is 0 Å². The lowest BCUT2D eigenvalue weighted by molar-refractivity contribution is 0.102. The van der Waals surface area contributed by atoms with Crippen molar-refractivity contribution >= 4 is 17.3 Å². The standard InChI is InChI=1S/C16H20N4O/c1-10-15(11(2)20(3)19-10)16(21)18-13-6-7-14-12(9-13)5-4-8-17-14/h6-7,9,17H,4-5,8H2,1-3H3,(H,18,21). The first-order chi connectivity index (χ1) is 10.1. The average molecular weight is 284 g/mol. The second-order valence-corrected chi connectivity index (χ2v) is 5.53. The number of fused-ring (bicyclic) bond motifs is 1. The van der Waals surface area contributed by atoms with Gasteiger partial charge < -0.3 is 10.6 Å². The number of hydrogen-bond acceptors (Lipinski definition) is 3. The molecule has 0 radical (unpaired) electrons. The number of amides is 1. The highest BCUT2D eigenvalue weighted by Crippen LogP contribution is 2.25. The van der Waals surface area contributed by atoms with Gasteiger partial charge in [-0.25, -0.2) is 0 Å². The van der Waals surface area contributed by atoms with Crippen molar-refractivity contribution in [1.82, 2.24) is 9.78 Å². The molecule has 3 rings (SSSR count). The molecule has 1 amide bonds. The Morgan fingerprint density at radius 2 is 2.19 bits per heavy atom. The lowest BCUT2D eigenvalue weighted by atomic mass is 10.0. The van der Waals surface area contributed by atoms with E-state index < -0.39 is 0 Å². The Kier molecular flexibility index (Phi) is 3.41. The molecule has 21 heavy (non-hydrogen) atoms. The maximum absolute atomic E-state index is 12.5.